The lowest BCUT2D eigenvalue weighted by atomic mass is 10.2. The van der Waals surface area contributed by atoms with Crippen LogP contribution in [0.15, 0.2) is 54.7 Å². The first kappa shape index (κ1) is 18.0. The first-order valence-electron chi connectivity index (χ1n) is 7.97. The molecule has 1 N–H and O–H groups in total. The molecule has 4 rings (SSSR count). The van der Waals surface area contributed by atoms with Crippen LogP contribution in [0.4, 0.5) is 10.2 Å². The standard InChI is InChI=1S/C19H12Cl2FN3OS/c20-14-10-25(9-11-5-7-12(22)8-6-11)24-18(14)23-19(26)17-16(21)13-3-1-2-4-15(13)27-17/h1-8,10H,9H2,(H,23,24,26). The Hall–Kier alpha value is -2.41. The fourth-order valence-corrected chi connectivity index (χ4v) is 4.27. The van der Waals surface area contributed by atoms with Crippen LogP contribution in [0.1, 0.15) is 15.2 Å². The topological polar surface area (TPSA) is 46.9 Å². The molecule has 0 bridgehead atoms. The minimum Gasteiger partial charge on any atom is -0.303 e. The normalized spacial score (nSPS) is 11.1. The van der Waals surface area contributed by atoms with Crippen molar-refractivity contribution >= 4 is 56.3 Å². The van der Waals surface area contributed by atoms with Crippen molar-refractivity contribution in [1.82, 2.24) is 9.78 Å². The molecule has 0 radical (unpaired) electrons. The largest absolute Gasteiger partial charge is 0.303 e. The molecule has 0 spiro atoms. The quantitative estimate of drug-likeness (QED) is 0.451. The summed E-state index contributed by atoms with van der Waals surface area (Å²) in [6.45, 7) is 0.402. The zero-order chi connectivity index (χ0) is 19.0. The number of halogens is 3. The molecule has 8 heteroatoms. The van der Waals surface area contributed by atoms with Gasteiger partial charge in [0.1, 0.15) is 15.7 Å². The Balaban J connectivity index is 1.55. The number of hydrogen-bond acceptors (Lipinski definition) is 3. The van der Waals surface area contributed by atoms with Crippen LogP contribution >= 0.6 is 34.5 Å². The van der Waals surface area contributed by atoms with Gasteiger partial charge in [0.2, 0.25) is 0 Å². The van der Waals surface area contributed by atoms with Gasteiger partial charge in [-0.25, -0.2) is 4.39 Å². The summed E-state index contributed by atoms with van der Waals surface area (Å²) in [6.07, 6.45) is 1.60. The maximum atomic E-state index is 13.0. The minimum absolute atomic E-state index is 0.248. The molecule has 0 atom stereocenters. The molecular formula is C19H12Cl2FN3OS. The second-order valence-corrected chi connectivity index (χ2v) is 7.68. The second-order valence-electron chi connectivity index (χ2n) is 5.85. The highest BCUT2D eigenvalue weighted by Crippen LogP contribution is 2.35. The molecule has 1 amide bonds. The molecule has 0 aliphatic heterocycles. The Bertz CT molecular complexity index is 1140. The number of fused-ring (bicyclic) bond motifs is 1. The molecule has 0 saturated heterocycles. The second kappa shape index (κ2) is 7.31. The first-order valence-corrected chi connectivity index (χ1v) is 9.54. The van der Waals surface area contributed by atoms with Crippen LogP contribution in [-0.2, 0) is 6.54 Å². The number of benzene rings is 2. The maximum absolute atomic E-state index is 13.0. The molecule has 27 heavy (non-hydrogen) atoms. The third kappa shape index (κ3) is 3.69. The predicted molar refractivity (Wildman–Crippen MR) is 108 cm³/mol. The van der Waals surface area contributed by atoms with Gasteiger partial charge < -0.3 is 5.32 Å². The number of aromatic nitrogens is 2. The number of carbonyl (C=O) groups is 1. The van der Waals surface area contributed by atoms with Crippen molar-refractivity contribution in [2.24, 2.45) is 0 Å². The molecule has 0 saturated carbocycles. The summed E-state index contributed by atoms with van der Waals surface area (Å²) >= 11 is 13.9. The fraction of sp³-hybridized carbons (Fsp3) is 0.0526. The Morgan fingerprint density at radius 1 is 1.15 bits per heavy atom. The number of nitrogens with zero attached hydrogens (tertiary/aromatic N) is 2. The molecule has 0 aliphatic carbocycles. The highest BCUT2D eigenvalue weighted by Gasteiger charge is 2.19. The van der Waals surface area contributed by atoms with Crippen molar-refractivity contribution in [1.29, 1.82) is 0 Å². The molecule has 2 aromatic carbocycles. The van der Waals surface area contributed by atoms with Crippen LogP contribution < -0.4 is 5.32 Å². The fourth-order valence-electron chi connectivity index (χ4n) is 2.66. The average Bonchev–Trinajstić information content (AvgIpc) is 3.17. The van der Waals surface area contributed by atoms with E-state index in [0.717, 1.165) is 15.6 Å². The Morgan fingerprint density at radius 3 is 2.63 bits per heavy atom. The summed E-state index contributed by atoms with van der Waals surface area (Å²) in [5.74, 6) is -0.419. The van der Waals surface area contributed by atoms with E-state index in [1.807, 2.05) is 24.3 Å². The number of thiophene rings is 1. The Kier molecular flexibility index (Phi) is 4.86. The van der Waals surface area contributed by atoms with Gasteiger partial charge in [-0.3, -0.25) is 9.48 Å². The Morgan fingerprint density at radius 2 is 1.89 bits per heavy atom. The van der Waals surface area contributed by atoms with Crippen LogP contribution in [0, 0.1) is 5.82 Å². The van der Waals surface area contributed by atoms with Crippen LogP contribution in [0.3, 0.4) is 0 Å². The summed E-state index contributed by atoms with van der Waals surface area (Å²) in [4.78, 5) is 13.0. The lowest BCUT2D eigenvalue weighted by Crippen LogP contribution is -2.12. The van der Waals surface area contributed by atoms with Gasteiger partial charge in [0.05, 0.1) is 11.6 Å². The summed E-state index contributed by atoms with van der Waals surface area (Å²) in [6, 6.07) is 13.6. The molecule has 0 aliphatic rings. The number of hydrogen-bond donors (Lipinski definition) is 1. The van der Waals surface area contributed by atoms with E-state index in [-0.39, 0.29) is 17.5 Å². The lowest BCUT2D eigenvalue weighted by Gasteiger charge is -2.02. The summed E-state index contributed by atoms with van der Waals surface area (Å²) in [5, 5.41) is 8.56. The van der Waals surface area contributed by atoms with Gasteiger partial charge >= 0.3 is 0 Å². The van der Waals surface area contributed by atoms with E-state index in [4.69, 9.17) is 23.2 Å². The van der Waals surface area contributed by atoms with Gasteiger partial charge in [-0.05, 0) is 23.8 Å². The van der Waals surface area contributed by atoms with Crippen molar-refractivity contribution in [2.45, 2.75) is 6.54 Å². The lowest BCUT2D eigenvalue weighted by molar-refractivity contribution is 0.103. The van der Waals surface area contributed by atoms with E-state index < -0.39 is 0 Å². The van der Waals surface area contributed by atoms with Crippen LogP contribution in [0.2, 0.25) is 10.0 Å². The molecule has 2 heterocycles. The zero-order valence-corrected chi connectivity index (χ0v) is 16.1. The van der Waals surface area contributed by atoms with E-state index in [0.29, 0.717) is 21.5 Å². The van der Waals surface area contributed by atoms with Gasteiger partial charge in [-0.15, -0.1) is 11.3 Å². The number of rotatable bonds is 4. The highest BCUT2D eigenvalue weighted by molar-refractivity contribution is 7.21. The van der Waals surface area contributed by atoms with Crippen LogP contribution in [-0.4, -0.2) is 15.7 Å². The molecule has 4 nitrogen and oxygen atoms in total. The molecule has 0 fully saturated rings. The van der Waals surface area contributed by atoms with E-state index in [2.05, 4.69) is 10.4 Å². The summed E-state index contributed by atoms with van der Waals surface area (Å²) in [5.41, 5.74) is 0.862. The molecule has 0 unspecified atom stereocenters. The number of carbonyl (C=O) groups excluding carboxylic acids is 1. The third-order valence-electron chi connectivity index (χ3n) is 3.95. The SMILES string of the molecule is O=C(Nc1nn(Cc2ccc(F)cc2)cc1Cl)c1sc2ccccc2c1Cl. The van der Waals surface area contributed by atoms with E-state index >= 15 is 0 Å². The predicted octanol–water partition coefficient (Wildman–Crippen LogP) is 5.84. The molecule has 2 aromatic heterocycles. The van der Waals surface area contributed by atoms with Crippen molar-refractivity contribution < 1.29 is 9.18 Å². The Labute approximate surface area is 168 Å². The van der Waals surface area contributed by atoms with Crippen molar-refractivity contribution in [3.8, 4) is 0 Å². The molecular weight excluding hydrogens is 408 g/mol. The molecule has 136 valence electrons. The summed E-state index contributed by atoms with van der Waals surface area (Å²) < 4.78 is 15.5. The third-order valence-corrected chi connectivity index (χ3v) is 5.90. The number of amides is 1. The van der Waals surface area contributed by atoms with E-state index in [1.54, 1.807) is 23.0 Å². The smallest absolute Gasteiger partial charge is 0.268 e. The monoisotopic (exact) mass is 419 g/mol. The highest BCUT2D eigenvalue weighted by atomic mass is 35.5. The van der Waals surface area contributed by atoms with Crippen molar-refractivity contribution in [3.63, 3.8) is 0 Å². The number of nitrogens with one attached hydrogen (secondary N) is 1. The van der Waals surface area contributed by atoms with E-state index in [1.165, 1.54) is 23.5 Å². The summed E-state index contributed by atoms with van der Waals surface area (Å²) in [7, 11) is 0. The average molecular weight is 420 g/mol. The van der Waals surface area contributed by atoms with Gasteiger partial charge in [-0.2, -0.15) is 5.10 Å². The molecule has 4 aromatic rings. The van der Waals surface area contributed by atoms with Crippen LogP contribution in [0.25, 0.3) is 10.1 Å². The van der Waals surface area contributed by atoms with Gasteiger partial charge in [0.15, 0.2) is 5.82 Å². The van der Waals surface area contributed by atoms with E-state index in [9.17, 15) is 9.18 Å². The van der Waals surface area contributed by atoms with Gasteiger partial charge in [0, 0.05) is 16.3 Å². The van der Waals surface area contributed by atoms with Crippen LogP contribution in [0.5, 0.6) is 0 Å². The first-order chi connectivity index (χ1) is 13.0. The number of anilines is 1. The zero-order valence-electron chi connectivity index (χ0n) is 13.7. The van der Waals surface area contributed by atoms with Crippen molar-refractivity contribution in [3.05, 3.63) is 81.0 Å². The van der Waals surface area contributed by atoms with Gasteiger partial charge in [-0.1, -0.05) is 53.5 Å². The maximum Gasteiger partial charge on any atom is 0.268 e. The van der Waals surface area contributed by atoms with Crippen molar-refractivity contribution in [2.75, 3.05) is 5.32 Å². The van der Waals surface area contributed by atoms with Gasteiger partial charge in [0.25, 0.3) is 5.91 Å². The minimum atomic E-state index is -0.366.